The summed E-state index contributed by atoms with van der Waals surface area (Å²) in [5, 5.41) is 9.26. The molecule has 3 heteroatoms. The molecule has 1 heterocycles. The molecule has 15 heavy (non-hydrogen) atoms. The average molecular weight is 208 g/mol. The van der Waals surface area contributed by atoms with Crippen molar-refractivity contribution >= 4 is 5.57 Å². The van der Waals surface area contributed by atoms with Gasteiger partial charge in [-0.15, -0.1) is 0 Å². The fraction of sp³-hybridized carbons (Fsp3) is 0.417. The number of rotatable bonds is 3. The highest BCUT2D eigenvalue weighted by atomic mass is 16.4. The van der Waals surface area contributed by atoms with E-state index in [-0.39, 0.29) is 0 Å². The first-order chi connectivity index (χ1) is 7.06. The molecule has 1 atom stereocenters. The normalized spacial score (nSPS) is 14.0. The van der Waals surface area contributed by atoms with Crippen molar-refractivity contribution in [1.29, 1.82) is 0 Å². The minimum atomic E-state index is -0.786. The van der Waals surface area contributed by atoms with E-state index >= 15 is 0 Å². The molecule has 0 aliphatic heterocycles. The summed E-state index contributed by atoms with van der Waals surface area (Å²) in [6, 6.07) is 3.32. The van der Waals surface area contributed by atoms with Crippen molar-refractivity contribution in [3.05, 3.63) is 40.0 Å². The third-order valence-electron chi connectivity index (χ3n) is 2.20. The smallest absolute Gasteiger partial charge is 0.342 e. The van der Waals surface area contributed by atoms with Crippen LogP contribution in [0.4, 0.5) is 0 Å². The first-order valence-electron chi connectivity index (χ1n) is 5.05. The second kappa shape index (κ2) is 4.94. The molecule has 0 radical (unpaired) electrons. The average Bonchev–Trinajstić information content (AvgIpc) is 2.17. The first kappa shape index (κ1) is 11.7. The lowest BCUT2D eigenvalue weighted by Crippen LogP contribution is -2.10. The van der Waals surface area contributed by atoms with Crippen molar-refractivity contribution in [3.63, 3.8) is 0 Å². The summed E-state index contributed by atoms with van der Waals surface area (Å²) in [6.45, 7) is 5.45. The Hall–Kier alpha value is -1.35. The molecular weight excluding hydrogens is 192 g/mol. The van der Waals surface area contributed by atoms with Crippen LogP contribution in [0.3, 0.4) is 0 Å². The Labute approximate surface area is 89.1 Å². The lowest BCUT2D eigenvalue weighted by Gasteiger charge is -2.04. The van der Waals surface area contributed by atoms with Crippen LogP contribution in [0.5, 0.6) is 0 Å². The van der Waals surface area contributed by atoms with Gasteiger partial charge in [-0.1, -0.05) is 13.0 Å². The van der Waals surface area contributed by atoms with E-state index in [9.17, 15) is 9.90 Å². The Kier molecular flexibility index (Phi) is 3.86. The third kappa shape index (κ3) is 2.80. The summed E-state index contributed by atoms with van der Waals surface area (Å²) >= 11 is 0. The molecule has 1 aromatic rings. The van der Waals surface area contributed by atoms with Crippen molar-refractivity contribution in [2.45, 2.75) is 33.3 Å². The fourth-order valence-electron chi connectivity index (χ4n) is 1.35. The van der Waals surface area contributed by atoms with Gasteiger partial charge in [-0.05, 0) is 38.0 Å². The van der Waals surface area contributed by atoms with Gasteiger partial charge in [0.15, 0.2) is 0 Å². The molecule has 0 aromatic carbocycles. The van der Waals surface area contributed by atoms with E-state index in [2.05, 4.69) is 0 Å². The van der Waals surface area contributed by atoms with E-state index in [1.807, 2.05) is 19.9 Å². The van der Waals surface area contributed by atoms with Crippen LogP contribution in [-0.4, -0.2) is 5.11 Å². The molecule has 0 aliphatic rings. The van der Waals surface area contributed by atoms with Gasteiger partial charge in [0.1, 0.15) is 5.76 Å². The van der Waals surface area contributed by atoms with E-state index in [1.165, 1.54) is 0 Å². The second-order valence-corrected chi connectivity index (χ2v) is 3.51. The van der Waals surface area contributed by atoms with Gasteiger partial charge in [0.2, 0.25) is 0 Å². The van der Waals surface area contributed by atoms with Crippen LogP contribution in [0.2, 0.25) is 0 Å². The maximum atomic E-state index is 11.4. The van der Waals surface area contributed by atoms with Crippen molar-refractivity contribution in [2.75, 3.05) is 0 Å². The summed E-state index contributed by atoms with van der Waals surface area (Å²) in [7, 11) is 0. The number of hydrogen-bond donors (Lipinski definition) is 1. The maximum Gasteiger partial charge on any atom is 0.342 e. The predicted molar refractivity (Wildman–Crippen MR) is 59.6 cm³/mol. The zero-order valence-electron chi connectivity index (χ0n) is 9.28. The molecule has 1 rings (SSSR count). The predicted octanol–water partition coefficient (Wildman–Crippen LogP) is 2.51. The van der Waals surface area contributed by atoms with Crippen molar-refractivity contribution in [3.8, 4) is 0 Å². The van der Waals surface area contributed by atoms with Crippen molar-refractivity contribution in [1.82, 2.24) is 0 Å². The van der Waals surface area contributed by atoms with Crippen LogP contribution in [0.25, 0.3) is 5.57 Å². The molecule has 3 nitrogen and oxygen atoms in total. The topological polar surface area (TPSA) is 50.4 Å². The van der Waals surface area contributed by atoms with Crippen LogP contribution in [0.15, 0.2) is 27.4 Å². The second-order valence-electron chi connectivity index (χ2n) is 3.51. The fourth-order valence-corrected chi connectivity index (χ4v) is 1.35. The summed E-state index contributed by atoms with van der Waals surface area (Å²) in [5.41, 5.74) is 0.765. The van der Waals surface area contributed by atoms with Crippen LogP contribution < -0.4 is 5.63 Å². The molecule has 0 fully saturated rings. The minimum absolute atomic E-state index is 0.294. The quantitative estimate of drug-likeness (QED) is 0.830. The summed E-state index contributed by atoms with van der Waals surface area (Å²) < 4.78 is 5.10. The Balaban J connectivity index is 3.13. The SMILES string of the molecule is CCC=C(C)c1ccc(C(C)O)c(=O)o1. The van der Waals surface area contributed by atoms with Crippen LogP contribution >= 0.6 is 0 Å². The van der Waals surface area contributed by atoms with Gasteiger partial charge in [0, 0.05) is 0 Å². The van der Waals surface area contributed by atoms with Gasteiger partial charge in [-0.3, -0.25) is 0 Å². The summed E-state index contributed by atoms with van der Waals surface area (Å²) in [5.74, 6) is 0.561. The van der Waals surface area contributed by atoms with E-state index in [1.54, 1.807) is 19.1 Å². The lowest BCUT2D eigenvalue weighted by molar-refractivity contribution is 0.193. The Morgan fingerprint density at radius 3 is 2.73 bits per heavy atom. The number of aliphatic hydroxyl groups excluding tert-OH is 1. The van der Waals surface area contributed by atoms with Gasteiger partial charge in [-0.2, -0.15) is 0 Å². The van der Waals surface area contributed by atoms with Crippen LogP contribution in [0.1, 0.15) is 44.6 Å². The maximum absolute atomic E-state index is 11.4. The van der Waals surface area contributed by atoms with Gasteiger partial charge in [0.05, 0.1) is 11.7 Å². The number of allylic oxidation sites excluding steroid dienone is 2. The molecule has 0 spiro atoms. The highest BCUT2D eigenvalue weighted by Crippen LogP contribution is 2.15. The number of aliphatic hydroxyl groups is 1. The standard InChI is InChI=1S/C12H16O3/c1-4-5-8(2)11-7-6-10(9(3)13)12(14)15-11/h5-7,9,13H,4H2,1-3H3. The molecule has 1 aromatic heterocycles. The zero-order chi connectivity index (χ0) is 11.4. The monoisotopic (exact) mass is 208 g/mol. The molecule has 0 saturated carbocycles. The third-order valence-corrected chi connectivity index (χ3v) is 2.20. The summed E-state index contributed by atoms with van der Waals surface area (Å²) in [6.07, 6.45) is 2.10. The zero-order valence-corrected chi connectivity index (χ0v) is 9.28. The molecule has 1 unspecified atom stereocenters. The lowest BCUT2D eigenvalue weighted by atomic mass is 10.1. The molecule has 0 amide bonds. The van der Waals surface area contributed by atoms with Crippen molar-refractivity contribution in [2.24, 2.45) is 0 Å². The molecule has 0 saturated heterocycles. The van der Waals surface area contributed by atoms with Gasteiger partial charge < -0.3 is 9.52 Å². The first-order valence-corrected chi connectivity index (χ1v) is 5.05. The molecule has 82 valence electrons. The van der Waals surface area contributed by atoms with Gasteiger partial charge >= 0.3 is 5.63 Å². The highest BCUT2D eigenvalue weighted by Gasteiger charge is 2.09. The van der Waals surface area contributed by atoms with E-state index in [0.717, 1.165) is 12.0 Å². The largest absolute Gasteiger partial charge is 0.423 e. The van der Waals surface area contributed by atoms with E-state index in [4.69, 9.17) is 4.42 Å². The van der Waals surface area contributed by atoms with E-state index in [0.29, 0.717) is 11.3 Å². The summed E-state index contributed by atoms with van der Waals surface area (Å²) in [4.78, 5) is 11.4. The van der Waals surface area contributed by atoms with Gasteiger partial charge in [0.25, 0.3) is 0 Å². The van der Waals surface area contributed by atoms with Gasteiger partial charge in [-0.25, -0.2) is 4.79 Å². The highest BCUT2D eigenvalue weighted by molar-refractivity contribution is 5.58. The minimum Gasteiger partial charge on any atom is -0.423 e. The molecule has 0 bridgehead atoms. The van der Waals surface area contributed by atoms with E-state index < -0.39 is 11.7 Å². The van der Waals surface area contributed by atoms with Crippen LogP contribution in [-0.2, 0) is 0 Å². The Bertz CT molecular complexity index is 413. The number of hydrogen-bond acceptors (Lipinski definition) is 3. The Morgan fingerprint density at radius 2 is 2.27 bits per heavy atom. The molecular formula is C12H16O3. The van der Waals surface area contributed by atoms with Crippen LogP contribution in [0, 0.1) is 0 Å². The Morgan fingerprint density at radius 1 is 1.60 bits per heavy atom. The van der Waals surface area contributed by atoms with Crippen molar-refractivity contribution < 1.29 is 9.52 Å². The molecule has 0 aliphatic carbocycles. The molecule has 1 N–H and O–H groups in total.